The SMILES string of the molecule is Cc1nocc1-c1ccc2c(-c3nc(N[C@H]4C[C@@H](O)CN(C(=O)OC(C)(C)C)C4)ncc3C(F)(F)F)c[nH]c2n1. The number of aliphatic hydroxyl groups excluding tert-OH is 1. The minimum Gasteiger partial charge on any atom is -0.444 e. The molecule has 5 heterocycles. The molecule has 4 aromatic rings. The topological polar surface area (TPSA) is 142 Å². The van der Waals surface area contributed by atoms with Crippen LogP contribution in [0.3, 0.4) is 0 Å². The van der Waals surface area contributed by atoms with E-state index in [0.29, 0.717) is 28.0 Å². The largest absolute Gasteiger partial charge is 0.444 e. The summed E-state index contributed by atoms with van der Waals surface area (Å²) in [5.41, 5.74) is 0.304. The van der Waals surface area contributed by atoms with Crippen LogP contribution in [0, 0.1) is 6.92 Å². The van der Waals surface area contributed by atoms with Crippen molar-refractivity contribution in [3.8, 4) is 22.5 Å². The predicted molar refractivity (Wildman–Crippen MR) is 138 cm³/mol. The number of carbonyl (C=O) groups is 1. The zero-order valence-electron chi connectivity index (χ0n) is 22.2. The summed E-state index contributed by atoms with van der Waals surface area (Å²) in [4.78, 5) is 29.5. The van der Waals surface area contributed by atoms with Gasteiger partial charge in [-0.05, 0) is 46.2 Å². The van der Waals surface area contributed by atoms with Crippen LogP contribution in [0.5, 0.6) is 0 Å². The number of alkyl halides is 3. The van der Waals surface area contributed by atoms with Crippen molar-refractivity contribution in [3.63, 3.8) is 0 Å². The van der Waals surface area contributed by atoms with Crippen molar-refractivity contribution >= 4 is 23.1 Å². The van der Waals surface area contributed by atoms with Gasteiger partial charge in [-0.3, -0.25) is 0 Å². The van der Waals surface area contributed by atoms with Crippen molar-refractivity contribution in [3.05, 3.63) is 42.0 Å². The van der Waals surface area contributed by atoms with Gasteiger partial charge < -0.3 is 29.6 Å². The Bertz CT molecular complexity index is 1540. The molecule has 1 fully saturated rings. The number of pyridine rings is 1. The molecule has 5 rings (SSSR count). The number of fused-ring (bicyclic) bond motifs is 1. The fourth-order valence-corrected chi connectivity index (χ4v) is 4.59. The molecule has 2 atom stereocenters. The number of nitrogens with one attached hydrogen (secondary N) is 2. The van der Waals surface area contributed by atoms with Crippen LogP contribution in [0.1, 0.15) is 38.4 Å². The van der Waals surface area contributed by atoms with Gasteiger partial charge in [0.15, 0.2) is 0 Å². The number of aliphatic hydroxyl groups is 1. The Labute approximate surface area is 226 Å². The lowest BCUT2D eigenvalue weighted by Crippen LogP contribution is -2.52. The summed E-state index contributed by atoms with van der Waals surface area (Å²) in [6.07, 6.45) is -2.37. The number of β-amino-alcohol motifs (C(OH)–C–C–N with tert-alkyl or cyclic N) is 1. The highest BCUT2D eigenvalue weighted by Crippen LogP contribution is 2.39. The number of aromatic amines is 1. The molecule has 1 amide bonds. The predicted octanol–water partition coefficient (Wildman–Crippen LogP) is 4.78. The van der Waals surface area contributed by atoms with Gasteiger partial charge in [-0.2, -0.15) is 13.2 Å². The molecule has 1 aliphatic heterocycles. The number of halogens is 3. The number of piperidine rings is 1. The Balaban J connectivity index is 1.46. The molecule has 0 unspecified atom stereocenters. The molecular formula is C26H28F3N7O4. The van der Waals surface area contributed by atoms with E-state index in [1.54, 1.807) is 39.8 Å². The minimum atomic E-state index is -4.72. The summed E-state index contributed by atoms with van der Waals surface area (Å²) in [6, 6.07) is 2.79. The highest BCUT2D eigenvalue weighted by atomic mass is 19.4. The molecular weight excluding hydrogens is 531 g/mol. The van der Waals surface area contributed by atoms with Crippen LogP contribution in [0.4, 0.5) is 23.9 Å². The highest BCUT2D eigenvalue weighted by molar-refractivity contribution is 5.94. The zero-order valence-corrected chi connectivity index (χ0v) is 22.2. The smallest absolute Gasteiger partial charge is 0.419 e. The van der Waals surface area contributed by atoms with Crippen LogP contribution in [0.25, 0.3) is 33.5 Å². The van der Waals surface area contributed by atoms with Crippen LogP contribution >= 0.6 is 0 Å². The Hall–Kier alpha value is -4.20. The number of anilines is 1. The number of hydrogen-bond donors (Lipinski definition) is 3. The van der Waals surface area contributed by atoms with Crippen LogP contribution in [-0.4, -0.2) is 72.0 Å². The van der Waals surface area contributed by atoms with E-state index < -0.39 is 35.6 Å². The fraction of sp³-hybridized carbons (Fsp3) is 0.423. The first-order valence-corrected chi connectivity index (χ1v) is 12.5. The number of H-pyrrole nitrogens is 1. The normalized spacial score (nSPS) is 18.2. The first kappa shape index (κ1) is 27.4. The molecule has 11 nitrogen and oxygen atoms in total. The number of rotatable bonds is 4. The number of carbonyl (C=O) groups excluding carboxylic acids is 1. The van der Waals surface area contributed by atoms with E-state index in [-0.39, 0.29) is 36.7 Å². The summed E-state index contributed by atoms with van der Waals surface area (Å²) in [7, 11) is 0. The maximum atomic E-state index is 14.0. The highest BCUT2D eigenvalue weighted by Gasteiger charge is 2.37. The third kappa shape index (κ3) is 5.71. The van der Waals surface area contributed by atoms with Gasteiger partial charge >= 0.3 is 12.3 Å². The average molecular weight is 560 g/mol. The molecule has 4 aromatic heterocycles. The van der Waals surface area contributed by atoms with E-state index in [4.69, 9.17) is 9.26 Å². The Morgan fingerprint density at radius 1 is 1.20 bits per heavy atom. The van der Waals surface area contributed by atoms with Crippen LogP contribution in [0.2, 0.25) is 0 Å². The van der Waals surface area contributed by atoms with Gasteiger partial charge in [-0.15, -0.1) is 0 Å². The van der Waals surface area contributed by atoms with Crippen molar-refractivity contribution in [1.82, 2.24) is 30.0 Å². The number of amides is 1. The number of nitrogens with zero attached hydrogens (tertiary/aromatic N) is 5. The van der Waals surface area contributed by atoms with E-state index in [1.807, 2.05) is 0 Å². The average Bonchev–Trinajstić information content (AvgIpc) is 3.47. The van der Waals surface area contributed by atoms with Crippen molar-refractivity contribution in [1.29, 1.82) is 0 Å². The fourth-order valence-electron chi connectivity index (χ4n) is 4.59. The van der Waals surface area contributed by atoms with Gasteiger partial charge in [0.2, 0.25) is 5.95 Å². The Kier molecular flexibility index (Phi) is 6.90. The van der Waals surface area contributed by atoms with Crippen molar-refractivity contribution < 1.29 is 32.3 Å². The lowest BCUT2D eigenvalue weighted by Gasteiger charge is -2.36. The molecule has 212 valence electrons. The first-order chi connectivity index (χ1) is 18.8. The maximum Gasteiger partial charge on any atom is 0.419 e. The van der Waals surface area contributed by atoms with E-state index in [0.717, 1.165) is 6.20 Å². The lowest BCUT2D eigenvalue weighted by molar-refractivity contribution is -0.137. The minimum absolute atomic E-state index is 0.0744. The monoisotopic (exact) mass is 559 g/mol. The number of ether oxygens (including phenoxy) is 1. The summed E-state index contributed by atoms with van der Waals surface area (Å²) in [5, 5.41) is 17.6. The van der Waals surface area contributed by atoms with Crippen LogP contribution < -0.4 is 5.32 Å². The molecule has 0 saturated carbocycles. The van der Waals surface area contributed by atoms with Crippen molar-refractivity contribution in [2.24, 2.45) is 0 Å². The number of hydrogen-bond acceptors (Lipinski definition) is 9. The van der Waals surface area contributed by atoms with Crippen LogP contribution in [0.15, 0.2) is 35.3 Å². The van der Waals surface area contributed by atoms with E-state index in [1.165, 1.54) is 17.4 Å². The second-order valence-corrected chi connectivity index (χ2v) is 10.7. The third-order valence-corrected chi connectivity index (χ3v) is 6.33. The number of aromatic nitrogens is 5. The van der Waals surface area contributed by atoms with Gasteiger partial charge in [-0.25, -0.2) is 19.7 Å². The number of aryl methyl sites for hydroxylation is 1. The Morgan fingerprint density at radius 3 is 2.65 bits per heavy atom. The second-order valence-electron chi connectivity index (χ2n) is 10.7. The van der Waals surface area contributed by atoms with Gasteiger partial charge in [0.25, 0.3) is 0 Å². The molecule has 0 radical (unpaired) electrons. The quantitative estimate of drug-likeness (QED) is 0.322. The summed E-state index contributed by atoms with van der Waals surface area (Å²) < 4.78 is 52.4. The zero-order chi connectivity index (χ0) is 28.8. The molecule has 1 aliphatic rings. The Morgan fingerprint density at radius 2 is 1.98 bits per heavy atom. The molecule has 0 bridgehead atoms. The third-order valence-electron chi connectivity index (χ3n) is 6.33. The molecule has 14 heteroatoms. The molecule has 0 spiro atoms. The number of likely N-dealkylation sites (tertiary alicyclic amines) is 1. The summed E-state index contributed by atoms with van der Waals surface area (Å²) in [5.74, 6) is -0.0785. The first-order valence-electron chi connectivity index (χ1n) is 12.5. The van der Waals surface area contributed by atoms with Crippen molar-refractivity contribution in [2.45, 2.75) is 58.0 Å². The van der Waals surface area contributed by atoms with E-state index >= 15 is 0 Å². The molecule has 40 heavy (non-hydrogen) atoms. The lowest BCUT2D eigenvalue weighted by atomic mass is 10.0. The standard InChI is InChI=1S/C26H28F3N7O4/c1-13-18(12-39-35-13)20-6-5-16-17(8-30-22(16)33-20)21-19(26(27,28)29)9-31-23(34-21)32-14-7-15(37)11-36(10-14)24(38)40-25(2,3)4/h5-6,8-9,12,14-15,37H,7,10-11H2,1-4H3,(H,30,33)(H,31,32,34)/t14-,15+/m0/s1. The van der Waals surface area contributed by atoms with Crippen LogP contribution in [-0.2, 0) is 10.9 Å². The van der Waals surface area contributed by atoms with Gasteiger partial charge in [0.05, 0.1) is 35.3 Å². The van der Waals surface area contributed by atoms with E-state index in [2.05, 4.69) is 30.4 Å². The second kappa shape index (κ2) is 10.1. The molecule has 0 aliphatic carbocycles. The summed E-state index contributed by atoms with van der Waals surface area (Å²) >= 11 is 0. The van der Waals surface area contributed by atoms with Gasteiger partial charge in [-0.1, -0.05) is 5.16 Å². The molecule has 3 N–H and O–H groups in total. The van der Waals surface area contributed by atoms with Gasteiger partial charge in [0, 0.05) is 35.9 Å². The van der Waals surface area contributed by atoms with Gasteiger partial charge in [0.1, 0.15) is 23.1 Å². The van der Waals surface area contributed by atoms with E-state index in [9.17, 15) is 23.1 Å². The molecule has 0 aromatic carbocycles. The summed E-state index contributed by atoms with van der Waals surface area (Å²) in [6.45, 7) is 7.17. The maximum absolute atomic E-state index is 14.0. The molecule has 1 saturated heterocycles. The van der Waals surface area contributed by atoms with Crippen molar-refractivity contribution in [2.75, 3.05) is 18.4 Å².